The zero-order chi connectivity index (χ0) is 35.6. The van der Waals surface area contributed by atoms with Gasteiger partial charge in [-0.05, 0) is 61.7 Å². The van der Waals surface area contributed by atoms with Crippen molar-refractivity contribution in [3.63, 3.8) is 0 Å². The van der Waals surface area contributed by atoms with E-state index < -0.39 is 54.0 Å². The second-order valence-corrected chi connectivity index (χ2v) is 14.4. The van der Waals surface area contributed by atoms with E-state index in [1.807, 2.05) is 37.3 Å². The van der Waals surface area contributed by atoms with E-state index in [9.17, 15) is 9.90 Å². The number of halogens is 2. The highest BCUT2D eigenvalue weighted by Gasteiger charge is 2.77. The summed E-state index contributed by atoms with van der Waals surface area (Å²) in [5.74, 6) is -2.38. The average molecular weight is 763 g/mol. The van der Waals surface area contributed by atoms with Gasteiger partial charge in [0.15, 0.2) is 0 Å². The molecule has 3 amide bonds. The Balaban J connectivity index is 1.46. The number of likely N-dealkylation sites (tertiary alicyclic amines) is 1. The number of rotatable bonds is 14. The number of fused-ring (bicyclic) bond motifs is 1. The lowest BCUT2D eigenvalue weighted by molar-refractivity contribution is -0.144. The van der Waals surface area contributed by atoms with Gasteiger partial charge >= 0.3 is 0 Å². The number of aliphatic hydroxyl groups is 1. The number of ether oxygens (including phenoxy) is 2. The maximum Gasteiger partial charge on any atom is 0.253 e. The summed E-state index contributed by atoms with van der Waals surface area (Å²) in [5, 5.41) is 11.2. The minimum absolute atomic E-state index is 0.110. The van der Waals surface area contributed by atoms with Crippen molar-refractivity contribution in [1.82, 2.24) is 4.90 Å². The third-order valence-electron chi connectivity index (χ3n) is 9.92. The van der Waals surface area contributed by atoms with Gasteiger partial charge in [-0.2, -0.15) is 0 Å². The molecule has 262 valence electrons. The number of hydrogen-bond donors (Lipinski definition) is 1. The van der Waals surface area contributed by atoms with Gasteiger partial charge in [-0.3, -0.25) is 14.4 Å². The average Bonchev–Trinajstić information content (AvgIpc) is 3.72. The van der Waals surface area contributed by atoms with Crippen LogP contribution in [0.4, 0.5) is 11.4 Å². The highest BCUT2D eigenvalue weighted by molar-refractivity contribution is 9.09. The maximum atomic E-state index is 15.1. The van der Waals surface area contributed by atoms with Crippen LogP contribution in [0.2, 0.25) is 5.02 Å². The Morgan fingerprint density at radius 2 is 1.70 bits per heavy atom. The minimum atomic E-state index is -1.36. The zero-order valence-corrected chi connectivity index (χ0v) is 30.2. The topological polar surface area (TPSA) is 99.6 Å². The highest BCUT2D eigenvalue weighted by atomic mass is 79.9. The number of benzene rings is 3. The van der Waals surface area contributed by atoms with Gasteiger partial charge in [-0.15, -0.1) is 13.2 Å². The molecule has 2 bridgehead atoms. The molecule has 0 saturated carbocycles. The van der Waals surface area contributed by atoms with E-state index >= 15 is 9.59 Å². The number of aliphatic hydroxyl groups excluding tert-OH is 1. The smallest absolute Gasteiger partial charge is 0.253 e. The molecule has 9 nitrogen and oxygen atoms in total. The lowest BCUT2D eigenvalue weighted by Gasteiger charge is -2.39. The minimum Gasteiger partial charge on any atom is -0.494 e. The van der Waals surface area contributed by atoms with Crippen molar-refractivity contribution >= 4 is 56.6 Å². The van der Waals surface area contributed by atoms with Gasteiger partial charge in [0.05, 0.1) is 47.9 Å². The van der Waals surface area contributed by atoms with Gasteiger partial charge in [-0.1, -0.05) is 82.1 Å². The monoisotopic (exact) mass is 761 g/mol. The summed E-state index contributed by atoms with van der Waals surface area (Å²) in [7, 11) is 0. The first-order valence-electron chi connectivity index (χ1n) is 16.8. The molecule has 3 fully saturated rings. The van der Waals surface area contributed by atoms with Crippen LogP contribution in [0.15, 0.2) is 104 Å². The highest BCUT2D eigenvalue weighted by Crippen LogP contribution is 2.61. The van der Waals surface area contributed by atoms with Crippen molar-refractivity contribution < 1.29 is 29.0 Å². The molecular weight excluding hydrogens is 722 g/mol. The molecular formula is C39H41BrClN3O6. The van der Waals surface area contributed by atoms with Crippen LogP contribution in [0.25, 0.3) is 0 Å². The van der Waals surface area contributed by atoms with Crippen LogP contribution >= 0.6 is 27.5 Å². The van der Waals surface area contributed by atoms with Gasteiger partial charge in [0, 0.05) is 23.6 Å². The van der Waals surface area contributed by atoms with Crippen molar-refractivity contribution in [2.45, 2.75) is 48.4 Å². The third-order valence-corrected chi connectivity index (χ3v) is 11.1. The predicted molar refractivity (Wildman–Crippen MR) is 198 cm³/mol. The molecule has 1 spiro atoms. The van der Waals surface area contributed by atoms with Crippen LogP contribution in [-0.2, 0) is 25.5 Å². The van der Waals surface area contributed by atoms with Crippen LogP contribution in [0.1, 0.15) is 18.9 Å². The lowest BCUT2D eigenvalue weighted by atomic mass is 9.70. The number of para-hydroxylation sites is 1. The second kappa shape index (κ2) is 15.1. The summed E-state index contributed by atoms with van der Waals surface area (Å²) < 4.78 is 12.4. The van der Waals surface area contributed by atoms with Crippen molar-refractivity contribution in [2.24, 2.45) is 11.8 Å². The Hall–Kier alpha value is -3.96. The van der Waals surface area contributed by atoms with Gasteiger partial charge < -0.3 is 29.3 Å². The Morgan fingerprint density at radius 3 is 2.34 bits per heavy atom. The van der Waals surface area contributed by atoms with Crippen molar-refractivity contribution in [3.8, 4) is 5.75 Å². The number of hydrogen-bond acceptors (Lipinski definition) is 6. The van der Waals surface area contributed by atoms with Crippen molar-refractivity contribution in [3.05, 3.63) is 115 Å². The quantitative estimate of drug-likeness (QED) is 0.164. The summed E-state index contributed by atoms with van der Waals surface area (Å²) in [6, 6.07) is 21.7. The van der Waals surface area contributed by atoms with E-state index in [1.54, 1.807) is 65.6 Å². The Morgan fingerprint density at radius 1 is 1.04 bits per heavy atom. The van der Waals surface area contributed by atoms with E-state index in [2.05, 4.69) is 29.1 Å². The second-order valence-electron chi connectivity index (χ2n) is 12.8. The number of carbonyl (C=O) groups excluding carboxylic acids is 3. The molecule has 7 atom stereocenters. The standard InChI is InChI=1S/C39H41BrClN3O6/c1-4-20-42(26-16-18-28(19-17-26)49-6-3)36(46)32-33-37(47)44(27(24-45)22-25-12-8-7-9-13-25)35(39(33)23-29(40)34(32)50-39)38(48)43(21-5-2)31-15-11-10-14-30(31)41/h4-5,7-19,27,29,32-35,45H,1-2,6,20-24H2,3H3/t27-,29?,32+,33+,34+,35?,39?/m1/s1. The Kier molecular flexibility index (Phi) is 10.8. The lowest BCUT2D eigenvalue weighted by Crippen LogP contribution is -2.59. The normalized spacial score (nSPS) is 25.6. The molecule has 3 aliphatic rings. The number of amides is 3. The van der Waals surface area contributed by atoms with E-state index in [-0.39, 0.29) is 30.2 Å². The molecule has 1 N–H and O–H groups in total. The summed E-state index contributed by atoms with van der Waals surface area (Å²) in [5.41, 5.74) is 0.595. The summed E-state index contributed by atoms with van der Waals surface area (Å²) >= 11 is 10.4. The summed E-state index contributed by atoms with van der Waals surface area (Å²) in [6.45, 7) is 10.1. The van der Waals surface area contributed by atoms with E-state index in [4.69, 9.17) is 21.1 Å². The summed E-state index contributed by atoms with van der Waals surface area (Å²) in [4.78, 5) is 49.2. The van der Waals surface area contributed by atoms with Gasteiger partial charge in [0.1, 0.15) is 17.4 Å². The fraction of sp³-hybridized carbons (Fsp3) is 0.359. The molecule has 3 saturated heterocycles. The molecule has 3 heterocycles. The molecule has 50 heavy (non-hydrogen) atoms. The van der Waals surface area contributed by atoms with Crippen LogP contribution in [0.5, 0.6) is 5.75 Å². The first-order valence-corrected chi connectivity index (χ1v) is 18.1. The molecule has 3 unspecified atom stereocenters. The number of carbonyl (C=O) groups is 3. The number of alkyl halides is 1. The zero-order valence-electron chi connectivity index (χ0n) is 27.9. The van der Waals surface area contributed by atoms with Gasteiger partial charge in [0.25, 0.3) is 5.91 Å². The molecule has 3 aromatic rings. The van der Waals surface area contributed by atoms with Crippen molar-refractivity contribution in [1.29, 1.82) is 0 Å². The number of anilines is 2. The van der Waals surface area contributed by atoms with E-state index in [1.165, 1.54) is 9.80 Å². The SMILES string of the molecule is C=CCN(C(=O)[C@H]1[C@H]2C(=O)N([C@@H](CO)Cc3ccccc3)C(C(=O)N(CC=C)c3ccccc3Cl)C23CC(Br)[C@@H]1O3)c1ccc(OCC)cc1. The Labute approximate surface area is 306 Å². The number of nitrogens with zero attached hydrogens (tertiary/aromatic N) is 3. The van der Waals surface area contributed by atoms with E-state index in [0.717, 1.165) is 5.56 Å². The fourth-order valence-corrected chi connectivity index (χ4v) is 9.11. The first kappa shape index (κ1) is 35.9. The summed E-state index contributed by atoms with van der Waals surface area (Å²) in [6.07, 6.45) is 3.15. The molecule has 3 aliphatic heterocycles. The largest absolute Gasteiger partial charge is 0.494 e. The van der Waals surface area contributed by atoms with Crippen LogP contribution in [0, 0.1) is 11.8 Å². The predicted octanol–water partition coefficient (Wildman–Crippen LogP) is 5.83. The molecule has 0 aliphatic carbocycles. The van der Waals surface area contributed by atoms with Crippen molar-refractivity contribution in [2.75, 3.05) is 36.1 Å². The van der Waals surface area contributed by atoms with Gasteiger partial charge in [0.2, 0.25) is 11.8 Å². The molecule has 3 aromatic carbocycles. The first-order chi connectivity index (χ1) is 24.2. The molecule has 6 rings (SSSR count). The van der Waals surface area contributed by atoms with Gasteiger partial charge in [-0.25, -0.2) is 0 Å². The van der Waals surface area contributed by atoms with Crippen LogP contribution in [-0.4, -0.2) is 82.6 Å². The van der Waals surface area contributed by atoms with E-state index in [0.29, 0.717) is 35.2 Å². The molecule has 0 radical (unpaired) electrons. The maximum absolute atomic E-state index is 15.1. The molecule has 11 heteroatoms. The third kappa shape index (κ3) is 6.27. The van der Waals surface area contributed by atoms with Crippen LogP contribution in [0.3, 0.4) is 0 Å². The molecule has 0 aromatic heterocycles. The Bertz CT molecular complexity index is 1740. The van der Waals surface area contributed by atoms with Crippen LogP contribution < -0.4 is 14.5 Å². The fourth-order valence-electron chi connectivity index (χ4n) is 7.93.